The Morgan fingerprint density at radius 2 is 1.41 bits per heavy atom. The lowest BCUT2D eigenvalue weighted by atomic mass is 9.37. The molecule has 0 amide bonds. The fraction of sp³-hybridized carbons (Fsp3) is 0.935. The lowest BCUT2D eigenvalue weighted by Crippen LogP contribution is -2.66. The molecule has 0 aromatic carbocycles. The highest BCUT2D eigenvalue weighted by molar-refractivity contribution is 5.79. The summed E-state index contributed by atoms with van der Waals surface area (Å²) in [5.74, 6) is -0.627. The molecule has 360 valence electrons. The van der Waals surface area contributed by atoms with Gasteiger partial charge in [-0.3, -0.25) is 4.79 Å². The minimum absolute atomic E-state index is 0.123. The van der Waals surface area contributed by atoms with Crippen LogP contribution in [-0.2, 0) is 33.2 Å². The molecule has 17 nitrogen and oxygen atoms in total. The van der Waals surface area contributed by atoms with E-state index in [0.717, 1.165) is 31.3 Å². The van der Waals surface area contributed by atoms with Gasteiger partial charge < -0.3 is 79.5 Å². The third kappa shape index (κ3) is 7.50. The van der Waals surface area contributed by atoms with E-state index < -0.39 is 121 Å². The lowest BCUT2D eigenvalue weighted by Gasteiger charge is -2.68. The van der Waals surface area contributed by atoms with Gasteiger partial charge >= 0.3 is 5.97 Å². The van der Waals surface area contributed by atoms with Crippen molar-refractivity contribution in [2.75, 3.05) is 13.2 Å². The Balaban J connectivity index is 1.03. The Bertz CT molecular complexity index is 1710. The monoisotopic (exact) mass is 898 g/mol. The maximum absolute atomic E-state index is 14.6. The molecule has 0 radical (unpaired) electrons. The van der Waals surface area contributed by atoms with Crippen molar-refractivity contribution in [3.63, 3.8) is 0 Å². The van der Waals surface area contributed by atoms with Gasteiger partial charge in [0.15, 0.2) is 12.6 Å². The summed E-state index contributed by atoms with van der Waals surface area (Å²) in [6, 6.07) is 0. The van der Waals surface area contributed by atoms with Gasteiger partial charge in [0.2, 0.25) is 6.29 Å². The van der Waals surface area contributed by atoms with Crippen LogP contribution in [0.3, 0.4) is 0 Å². The van der Waals surface area contributed by atoms with Crippen LogP contribution in [-0.4, -0.2) is 168 Å². The van der Waals surface area contributed by atoms with Crippen LogP contribution >= 0.6 is 0 Å². The fourth-order valence-corrected chi connectivity index (χ4v) is 14.4. The number of aliphatic hydroxyl groups is 10. The van der Waals surface area contributed by atoms with E-state index >= 15 is 0 Å². The van der Waals surface area contributed by atoms with Crippen molar-refractivity contribution in [2.45, 2.75) is 204 Å². The molecule has 7 fully saturated rings. The summed E-state index contributed by atoms with van der Waals surface area (Å²) in [6.07, 6.45) is -11.8. The predicted molar refractivity (Wildman–Crippen MR) is 220 cm³/mol. The van der Waals surface area contributed by atoms with Gasteiger partial charge in [0.25, 0.3) is 0 Å². The van der Waals surface area contributed by atoms with Gasteiger partial charge in [-0.15, -0.1) is 0 Å². The highest BCUT2D eigenvalue weighted by Gasteiger charge is 2.69. The first-order chi connectivity index (χ1) is 29.4. The van der Waals surface area contributed by atoms with Crippen LogP contribution in [0.1, 0.15) is 106 Å². The molecule has 0 spiro atoms. The van der Waals surface area contributed by atoms with Crippen molar-refractivity contribution in [3.05, 3.63) is 11.6 Å². The molecule has 17 heteroatoms. The van der Waals surface area contributed by atoms with Crippen LogP contribution in [0.4, 0.5) is 0 Å². The smallest absolute Gasteiger partial charge is 0.315 e. The molecule has 0 aromatic heterocycles. The molecule has 63 heavy (non-hydrogen) atoms. The van der Waals surface area contributed by atoms with Crippen molar-refractivity contribution in [1.29, 1.82) is 0 Å². The van der Waals surface area contributed by atoms with E-state index in [9.17, 15) is 55.9 Å². The third-order valence-electron chi connectivity index (χ3n) is 18.5. The van der Waals surface area contributed by atoms with E-state index in [1.807, 2.05) is 13.8 Å². The minimum atomic E-state index is -1.74. The van der Waals surface area contributed by atoms with E-state index in [0.29, 0.717) is 32.1 Å². The summed E-state index contributed by atoms with van der Waals surface area (Å²) < 4.78 is 36.0. The Kier molecular flexibility index (Phi) is 13.0. The third-order valence-corrected chi connectivity index (χ3v) is 18.5. The van der Waals surface area contributed by atoms with Crippen molar-refractivity contribution >= 4 is 5.97 Å². The van der Waals surface area contributed by atoms with Gasteiger partial charge in [-0.25, -0.2) is 0 Å². The van der Waals surface area contributed by atoms with Crippen LogP contribution in [0.5, 0.6) is 0 Å². The van der Waals surface area contributed by atoms with E-state index in [-0.39, 0.29) is 47.2 Å². The summed E-state index contributed by atoms with van der Waals surface area (Å²) in [5, 5.41) is 107. The molecular weight excluding hydrogens is 824 g/mol. The molecule has 8 rings (SSSR count). The average molecular weight is 899 g/mol. The molecule has 3 heterocycles. The second-order valence-corrected chi connectivity index (χ2v) is 22.0. The van der Waals surface area contributed by atoms with Gasteiger partial charge in [-0.2, -0.15) is 0 Å². The van der Waals surface area contributed by atoms with E-state index in [1.54, 1.807) is 0 Å². The molecule has 5 unspecified atom stereocenters. The summed E-state index contributed by atoms with van der Waals surface area (Å²) in [4.78, 5) is 14.6. The van der Waals surface area contributed by atoms with Crippen molar-refractivity contribution in [2.24, 2.45) is 51.2 Å². The zero-order valence-corrected chi connectivity index (χ0v) is 37.7. The standard InChI is InChI=1S/C46H74O17/c1-20-12-15-46(41(56)63-39-35(55)33(53)31(51)26(18-47)60-39)17-16-43(5)22-10-11-27-42(3,4)28(13-14-44(27,6)23(22)8-9-24(43)37(46)45(20,7)57)61-40-36(30(50)25(48)19-58-40)62-38-34(54)32(52)29(49)21(2)59-38/h9,20-23,25-40,47-55,57H,8,10-19H2,1-7H3/t20-,21+,22?,23?,25-,26+,27?,28?,29-,30+,31+,32+,33-,34+,35+,36+,37?,38-,39-,40-,43-,44+,45+,46-/m0/s1. The van der Waals surface area contributed by atoms with E-state index in [2.05, 4.69) is 33.8 Å². The zero-order valence-electron chi connectivity index (χ0n) is 37.7. The Morgan fingerprint density at radius 3 is 2.11 bits per heavy atom. The highest BCUT2D eigenvalue weighted by Crippen LogP contribution is 2.72. The van der Waals surface area contributed by atoms with Crippen LogP contribution < -0.4 is 0 Å². The first-order valence-corrected chi connectivity index (χ1v) is 23.4. The average Bonchev–Trinajstić information content (AvgIpc) is 3.23. The molecule has 3 saturated heterocycles. The summed E-state index contributed by atoms with van der Waals surface area (Å²) in [5.41, 5.74) is -2.22. The van der Waals surface area contributed by atoms with Crippen LogP contribution in [0.15, 0.2) is 11.6 Å². The van der Waals surface area contributed by atoms with Crippen molar-refractivity contribution in [3.8, 4) is 0 Å². The Labute approximate surface area is 369 Å². The number of esters is 1. The number of aliphatic hydroxyl groups excluding tert-OH is 9. The molecule has 8 aliphatic rings. The molecule has 10 N–H and O–H groups in total. The maximum Gasteiger partial charge on any atom is 0.315 e. The van der Waals surface area contributed by atoms with Crippen LogP contribution in [0, 0.1) is 51.2 Å². The molecule has 0 aromatic rings. The van der Waals surface area contributed by atoms with Gasteiger partial charge in [-0.1, -0.05) is 46.3 Å². The quantitative estimate of drug-likeness (QED) is 0.0941. The van der Waals surface area contributed by atoms with Gasteiger partial charge in [0.1, 0.15) is 61.0 Å². The molecule has 24 atom stereocenters. The topological polar surface area (TPSA) is 275 Å². The highest BCUT2D eigenvalue weighted by atomic mass is 16.8. The first kappa shape index (κ1) is 48.1. The van der Waals surface area contributed by atoms with Gasteiger partial charge in [0.05, 0.1) is 36.4 Å². The molecule has 3 aliphatic heterocycles. The van der Waals surface area contributed by atoms with Gasteiger partial charge in [0, 0.05) is 5.92 Å². The minimum Gasteiger partial charge on any atom is -0.432 e. The molecule has 4 saturated carbocycles. The Hall–Kier alpha value is -1.39. The maximum atomic E-state index is 14.6. The molecule has 0 bridgehead atoms. The van der Waals surface area contributed by atoms with Crippen LogP contribution in [0.25, 0.3) is 0 Å². The second kappa shape index (κ2) is 17.0. The lowest BCUT2D eigenvalue weighted by molar-refractivity contribution is -0.364. The van der Waals surface area contributed by atoms with Crippen molar-refractivity contribution < 1.29 is 84.3 Å². The SMILES string of the molecule is C[C@H]1O[C@@H](O[C@H]2[C@H](OC3CC[C@]4(C)C5CC=C6C7[C@](C(=O)O[C@@H]8O[C@H](CO)[C@@H](O)[C@H](O)[C@H]8O)(CC[C@H](C)[C@@]7(C)O)CC[C@@]6(C)C5CCC4C3(C)C)OC[C@H](O)[C@H]2O)[C@H](O)[C@H](O)[C@H]1O. The Morgan fingerprint density at radius 1 is 0.730 bits per heavy atom. The predicted octanol–water partition coefficient (Wildman–Crippen LogP) is 0.388. The summed E-state index contributed by atoms with van der Waals surface area (Å²) in [6.45, 7) is 13.6. The van der Waals surface area contributed by atoms with E-state index in [1.165, 1.54) is 6.92 Å². The molecular formula is C46H74O17. The molecule has 5 aliphatic carbocycles. The summed E-state index contributed by atoms with van der Waals surface area (Å²) in [7, 11) is 0. The zero-order chi connectivity index (χ0) is 45.9. The number of rotatable bonds is 7. The number of carbonyl (C=O) groups excluding carboxylic acids is 1. The summed E-state index contributed by atoms with van der Waals surface area (Å²) >= 11 is 0. The fourth-order valence-electron chi connectivity index (χ4n) is 14.4. The number of allylic oxidation sites excluding steroid dienone is 1. The number of ether oxygens (including phenoxy) is 6. The normalized spacial score (nSPS) is 55.6. The number of carbonyl (C=O) groups is 1. The number of hydrogen-bond donors (Lipinski definition) is 10. The van der Waals surface area contributed by atoms with Crippen molar-refractivity contribution in [1.82, 2.24) is 0 Å². The van der Waals surface area contributed by atoms with Crippen LogP contribution in [0.2, 0.25) is 0 Å². The number of hydrogen-bond acceptors (Lipinski definition) is 17. The largest absolute Gasteiger partial charge is 0.432 e. The number of fused-ring (bicyclic) bond motifs is 7. The second-order valence-electron chi connectivity index (χ2n) is 22.0. The van der Waals surface area contributed by atoms with E-state index in [4.69, 9.17) is 28.4 Å². The first-order valence-electron chi connectivity index (χ1n) is 23.4. The van der Waals surface area contributed by atoms with Gasteiger partial charge in [-0.05, 0) is 112 Å².